The van der Waals surface area contributed by atoms with Crippen molar-refractivity contribution in [2.24, 2.45) is 0 Å². The smallest absolute Gasteiger partial charge is 0.325 e. The van der Waals surface area contributed by atoms with Gasteiger partial charge in [-0.25, -0.2) is 0 Å². The van der Waals surface area contributed by atoms with Gasteiger partial charge in [0.2, 0.25) is 0 Å². The van der Waals surface area contributed by atoms with E-state index in [4.69, 9.17) is 23.2 Å². The van der Waals surface area contributed by atoms with Crippen LogP contribution in [0.15, 0.2) is 12.1 Å². The van der Waals surface area contributed by atoms with Crippen LogP contribution in [-0.2, 0) is 10.2 Å². The number of carbonyl (C=O) groups is 1. The number of aliphatic carboxylic acids is 1. The second-order valence-electron chi connectivity index (χ2n) is 4.86. The van der Waals surface area contributed by atoms with Crippen molar-refractivity contribution in [2.45, 2.75) is 25.3 Å². The first-order chi connectivity index (χ1) is 7.84. The lowest BCUT2D eigenvalue weighted by atomic mass is 9.76. The fourth-order valence-corrected chi connectivity index (χ4v) is 2.86. The largest absolute Gasteiger partial charge is 0.480 e. The van der Waals surface area contributed by atoms with Gasteiger partial charge in [0, 0.05) is 12.0 Å². The Hall–Kier alpha value is -0.770. The lowest BCUT2D eigenvalue weighted by Gasteiger charge is -2.37. The summed E-state index contributed by atoms with van der Waals surface area (Å²) in [6, 6.07) is 2.66. The van der Waals surface area contributed by atoms with E-state index in [1.54, 1.807) is 12.1 Å². The predicted octanol–water partition coefficient (Wildman–Crippen LogP) is 3.00. The minimum Gasteiger partial charge on any atom is -0.480 e. The number of hydrogen-bond donors (Lipinski definition) is 2. The lowest BCUT2D eigenvalue weighted by Crippen LogP contribution is -2.44. The van der Waals surface area contributed by atoms with Crippen molar-refractivity contribution in [1.82, 2.24) is 5.32 Å². The highest BCUT2D eigenvalue weighted by Crippen LogP contribution is 2.42. The Labute approximate surface area is 110 Å². The average molecular weight is 274 g/mol. The summed E-state index contributed by atoms with van der Waals surface area (Å²) in [5.41, 5.74) is 1.30. The van der Waals surface area contributed by atoms with Crippen LogP contribution in [0.5, 0.6) is 0 Å². The van der Waals surface area contributed by atoms with Crippen LogP contribution < -0.4 is 5.32 Å². The topological polar surface area (TPSA) is 49.3 Å². The molecule has 0 saturated heterocycles. The summed E-state index contributed by atoms with van der Waals surface area (Å²) in [5.74, 6) is -0.903. The van der Waals surface area contributed by atoms with Gasteiger partial charge in [0.25, 0.3) is 0 Å². The molecule has 5 heteroatoms. The molecule has 1 aromatic rings. The first kappa shape index (κ1) is 12.7. The van der Waals surface area contributed by atoms with Crippen LogP contribution in [0, 0.1) is 0 Å². The van der Waals surface area contributed by atoms with Crippen LogP contribution in [0.4, 0.5) is 0 Å². The van der Waals surface area contributed by atoms with Crippen LogP contribution >= 0.6 is 23.2 Å². The normalized spacial score (nSPS) is 22.0. The molecule has 0 bridgehead atoms. The van der Waals surface area contributed by atoms with Gasteiger partial charge in [-0.3, -0.25) is 10.1 Å². The molecular formula is C12H13Cl2NO2. The molecule has 1 unspecified atom stereocenters. The maximum absolute atomic E-state index is 11.2. The molecule has 1 aromatic carbocycles. The molecule has 2 N–H and O–H groups in total. The molecule has 92 valence electrons. The number of rotatable bonds is 1. The van der Waals surface area contributed by atoms with Gasteiger partial charge < -0.3 is 5.11 Å². The zero-order valence-corrected chi connectivity index (χ0v) is 11.1. The molecule has 17 heavy (non-hydrogen) atoms. The third-order valence-electron chi connectivity index (χ3n) is 3.11. The van der Waals surface area contributed by atoms with Crippen LogP contribution in [0.2, 0.25) is 10.0 Å². The Balaban J connectivity index is 2.68. The highest BCUT2D eigenvalue weighted by atomic mass is 35.5. The number of carboxylic acid groups (broad SMARTS) is 1. The molecule has 0 saturated carbocycles. The van der Waals surface area contributed by atoms with Crippen molar-refractivity contribution in [3.63, 3.8) is 0 Å². The molecular weight excluding hydrogens is 261 g/mol. The number of hydrogen-bond acceptors (Lipinski definition) is 2. The molecule has 0 spiro atoms. The van der Waals surface area contributed by atoms with E-state index in [1.165, 1.54) is 0 Å². The van der Waals surface area contributed by atoms with Gasteiger partial charge in [-0.2, -0.15) is 0 Å². The summed E-state index contributed by atoms with van der Waals surface area (Å²) >= 11 is 12.2. The van der Waals surface area contributed by atoms with Crippen molar-refractivity contribution < 1.29 is 9.90 Å². The second-order valence-corrected chi connectivity index (χ2v) is 5.65. The molecule has 1 aliphatic rings. The number of halogens is 2. The van der Waals surface area contributed by atoms with Crippen LogP contribution in [0.3, 0.4) is 0 Å². The van der Waals surface area contributed by atoms with E-state index in [0.29, 0.717) is 22.2 Å². The quantitative estimate of drug-likeness (QED) is 0.827. The predicted molar refractivity (Wildman–Crippen MR) is 67.9 cm³/mol. The van der Waals surface area contributed by atoms with Crippen molar-refractivity contribution >= 4 is 29.2 Å². The van der Waals surface area contributed by atoms with Crippen LogP contribution in [0.25, 0.3) is 0 Å². The summed E-state index contributed by atoms with van der Waals surface area (Å²) < 4.78 is 0. The summed E-state index contributed by atoms with van der Waals surface area (Å²) in [4.78, 5) is 11.2. The molecule has 0 amide bonds. The van der Waals surface area contributed by atoms with Gasteiger partial charge in [0.1, 0.15) is 6.04 Å². The third kappa shape index (κ3) is 2.03. The first-order valence-corrected chi connectivity index (χ1v) is 6.05. The summed E-state index contributed by atoms with van der Waals surface area (Å²) in [6.07, 6.45) is 0. The third-order valence-corrected chi connectivity index (χ3v) is 3.91. The van der Waals surface area contributed by atoms with Gasteiger partial charge in [-0.1, -0.05) is 43.1 Å². The zero-order chi connectivity index (χ0) is 12.8. The first-order valence-electron chi connectivity index (χ1n) is 5.29. The maximum atomic E-state index is 11.2. The van der Waals surface area contributed by atoms with E-state index < -0.39 is 12.0 Å². The fraction of sp³-hybridized carbons (Fsp3) is 0.417. The SMILES string of the molecule is CC1(C)CNC(C(=O)O)c2ccc(Cl)c(Cl)c21. The standard InChI is InChI=1S/C12H13Cl2NO2/c1-12(2)5-15-10(11(16)17)6-3-4-7(13)9(14)8(6)12/h3-4,10,15H,5H2,1-2H3,(H,16,17). The highest BCUT2D eigenvalue weighted by Gasteiger charge is 2.37. The molecule has 1 heterocycles. The van der Waals surface area contributed by atoms with Gasteiger partial charge in [-0.05, 0) is 17.2 Å². The Morgan fingerprint density at radius 1 is 1.47 bits per heavy atom. The van der Waals surface area contributed by atoms with Crippen LogP contribution in [0.1, 0.15) is 31.0 Å². The van der Waals surface area contributed by atoms with E-state index in [9.17, 15) is 9.90 Å². The molecule has 1 aliphatic heterocycles. The van der Waals surface area contributed by atoms with Gasteiger partial charge in [0.15, 0.2) is 0 Å². The molecule has 3 nitrogen and oxygen atoms in total. The Morgan fingerprint density at radius 3 is 2.71 bits per heavy atom. The Morgan fingerprint density at radius 2 is 2.12 bits per heavy atom. The average Bonchev–Trinajstić information content (AvgIpc) is 2.22. The molecule has 0 fully saturated rings. The van der Waals surface area contributed by atoms with E-state index in [2.05, 4.69) is 5.32 Å². The molecule has 1 atom stereocenters. The maximum Gasteiger partial charge on any atom is 0.325 e. The van der Waals surface area contributed by atoms with Crippen molar-refractivity contribution in [3.8, 4) is 0 Å². The molecule has 0 radical (unpaired) electrons. The second kappa shape index (κ2) is 4.16. The molecule has 2 rings (SSSR count). The lowest BCUT2D eigenvalue weighted by molar-refractivity contribution is -0.140. The number of benzene rings is 1. The van der Waals surface area contributed by atoms with Gasteiger partial charge in [-0.15, -0.1) is 0 Å². The fourth-order valence-electron chi connectivity index (χ4n) is 2.27. The summed E-state index contributed by atoms with van der Waals surface area (Å²) in [7, 11) is 0. The van der Waals surface area contributed by atoms with E-state index in [-0.39, 0.29) is 5.41 Å². The zero-order valence-electron chi connectivity index (χ0n) is 9.55. The molecule has 0 aromatic heterocycles. The van der Waals surface area contributed by atoms with Gasteiger partial charge >= 0.3 is 5.97 Å². The van der Waals surface area contributed by atoms with Gasteiger partial charge in [0.05, 0.1) is 10.0 Å². The van der Waals surface area contributed by atoms with E-state index >= 15 is 0 Å². The minimum atomic E-state index is -0.903. The number of fused-ring (bicyclic) bond motifs is 1. The van der Waals surface area contributed by atoms with E-state index in [0.717, 1.165) is 5.56 Å². The Kier molecular flexibility index (Phi) is 3.10. The van der Waals surface area contributed by atoms with Crippen molar-refractivity contribution in [1.29, 1.82) is 0 Å². The number of carboxylic acids is 1. The summed E-state index contributed by atoms with van der Waals surface area (Å²) in [6.45, 7) is 4.58. The van der Waals surface area contributed by atoms with Crippen molar-refractivity contribution in [2.75, 3.05) is 6.54 Å². The number of nitrogens with one attached hydrogen (secondary N) is 1. The highest BCUT2D eigenvalue weighted by molar-refractivity contribution is 6.42. The van der Waals surface area contributed by atoms with E-state index in [1.807, 2.05) is 13.8 Å². The van der Waals surface area contributed by atoms with Crippen molar-refractivity contribution in [3.05, 3.63) is 33.3 Å². The monoisotopic (exact) mass is 273 g/mol. The molecule has 0 aliphatic carbocycles. The van der Waals surface area contributed by atoms with Crippen LogP contribution in [-0.4, -0.2) is 17.6 Å². The minimum absolute atomic E-state index is 0.233. The summed E-state index contributed by atoms with van der Waals surface area (Å²) in [5, 5.41) is 13.1. The Bertz CT molecular complexity index is 486.